The average Bonchev–Trinajstić information content (AvgIpc) is 2.79. The summed E-state index contributed by atoms with van der Waals surface area (Å²) in [7, 11) is 0. The standard InChI is InChI=1S/C16H27NO4/c1-16(2,3)11-6-4-10(5-7-11)14(19)17-9-12(18)8-13(17)15(20)21/h10-13,18H,4-9H2,1-3H3,(H,20,21)/t10?,11?,12?,13-/m0/s1. The number of β-amino-alcohol motifs (C(OH)–C–C–N with tert-alkyl or cyclic N) is 1. The van der Waals surface area contributed by atoms with Gasteiger partial charge in [-0.05, 0) is 37.0 Å². The van der Waals surface area contributed by atoms with Crippen molar-refractivity contribution in [3.05, 3.63) is 0 Å². The summed E-state index contributed by atoms with van der Waals surface area (Å²) < 4.78 is 0. The SMILES string of the molecule is CC(C)(C)C1CCC(C(=O)N2CC(O)C[C@H]2C(=O)O)CC1. The molecule has 0 aromatic heterocycles. The Morgan fingerprint density at radius 3 is 2.14 bits per heavy atom. The van der Waals surface area contributed by atoms with Crippen LogP contribution < -0.4 is 0 Å². The Hall–Kier alpha value is -1.10. The molecule has 1 saturated carbocycles. The second kappa shape index (κ2) is 5.95. The molecular formula is C16H27NO4. The molecule has 0 radical (unpaired) electrons. The fraction of sp³-hybridized carbons (Fsp3) is 0.875. The van der Waals surface area contributed by atoms with Gasteiger partial charge in [0.25, 0.3) is 0 Å². The number of aliphatic carboxylic acids is 1. The van der Waals surface area contributed by atoms with E-state index in [4.69, 9.17) is 0 Å². The molecule has 1 aliphatic carbocycles. The van der Waals surface area contributed by atoms with E-state index in [-0.39, 0.29) is 30.2 Å². The first-order valence-electron chi connectivity index (χ1n) is 7.91. The lowest BCUT2D eigenvalue weighted by Crippen LogP contribution is -2.44. The van der Waals surface area contributed by atoms with Crippen molar-refractivity contribution >= 4 is 11.9 Å². The first-order valence-corrected chi connectivity index (χ1v) is 7.91. The lowest BCUT2D eigenvalue weighted by molar-refractivity contribution is -0.150. The summed E-state index contributed by atoms with van der Waals surface area (Å²) >= 11 is 0. The predicted molar refractivity (Wildman–Crippen MR) is 78.7 cm³/mol. The first kappa shape index (κ1) is 16.3. The van der Waals surface area contributed by atoms with E-state index in [9.17, 15) is 19.8 Å². The number of carbonyl (C=O) groups is 2. The number of amides is 1. The highest BCUT2D eigenvalue weighted by atomic mass is 16.4. The molecule has 0 bridgehead atoms. The van der Waals surface area contributed by atoms with Gasteiger partial charge in [0.15, 0.2) is 0 Å². The fourth-order valence-corrected chi connectivity index (χ4v) is 3.73. The summed E-state index contributed by atoms with van der Waals surface area (Å²) in [5, 5.41) is 18.9. The number of hydrogen-bond acceptors (Lipinski definition) is 3. The summed E-state index contributed by atoms with van der Waals surface area (Å²) in [6.07, 6.45) is 3.15. The highest BCUT2D eigenvalue weighted by molar-refractivity contribution is 5.85. The van der Waals surface area contributed by atoms with Crippen LogP contribution in [0.25, 0.3) is 0 Å². The van der Waals surface area contributed by atoms with E-state index >= 15 is 0 Å². The van der Waals surface area contributed by atoms with Crippen LogP contribution in [0.4, 0.5) is 0 Å². The summed E-state index contributed by atoms with van der Waals surface area (Å²) in [6, 6.07) is -0.854. The zero-order chi connectivity index (χ0) is 15.8. The van der Waals surface area contributed by atoms with E-state index in [1.807, 2.05) is 0 Å². The Bertz CT molecular complexity index is 407. The largest absolute Gasteiger partial charge is 0.480 e. The van der Waals surface area contributed by atoms with Crippen LogP contribution in [-0.2, 0) is 9.59 Å². The van der Waals surface area contributed by atoms with Crippen molar-refractivity contribution in [2.45, 2.75) is 65.0 Å². The third-order valence-electron chi connectivity index (χ3n) is 5.15. The maximum absolute atomic E-state index is 12.6. The van der Waals surface area contributed by atoms with Crippen molar-refractivity contribution < 1.29 is 19.8 Å². The number of rotatable bonds is 2. The molecule has 5 heteroatoms. The molecule has 1 amide bonds. The second-order valence-corrected chi connectivity index (χ2v) is 7.65. The van der Waals surface area contributed by atoms with Gasteiger partial charge in [-0.3, -0.25) is 4.79 Å². The highest BCUT2D eigenvalue weighted by Crippen LogP contribution is 2.40. The molecule has 21 heavy (non-hydrogen) atoms. The van der Waals surface area contributed by atoms with Crippen LogP contribution in [0.15, 0.2) is 0 Å². The van der Waals surface area contributed by atoms with Crippen LogP contribution in [0.1, 0.15) is 52.9 Å². The Morgan fingerprint density at radius 2 is 1.67 bits per heavy atom. The maximum Gasteiger partial charge on any atom is 0.326 e. The average molecular weight is 297 g/mol. The Morgan fingerprint density at radius 1 is 1.10 bits per heavy atom. The van der Waals surface area contributed by atoms with Crippen molar-refractivity contribution in [2.75, 3.05) is 6.54 Å². The number of hydrogen-bond donors (Lipinski definition) is 2. The molecule has 2 aliphatic rings. The molecular weight excluding hydrogens is 270 g/mol. The Labute approximate surface area is 126 Å². The van der Waals surface area contributed by atoms with Gasteiger partial charge in [-0.25, -0.2) is 4.79 Å². The highest BCUT2D eigenvalue weighted by Gasteiger charge is 2.42. The molecule has 2 atom stereocenters. The molecule has 0 aromatic rings. The van der Waals surface area contributed by atoms with Crippen molar-refractivity contribution in [3.63, 3.8) is 0 Å². The minimum Gasteiger partial charge on any atom is -0.480 e. The van der Waals surface area contributed by atoms with Crippen LogP contribution in [0, 0.1) is 17.3 Å². The van der Waals surface area contributed by atoms with Gasteiger partial charge in [0, 0.05) is 18.9 Å². The first-order chi connectivity index (χ1) is 9.70. The van der Waals surface area contributed by atoms with E-state index in [0.29, 0.717) is 5.92 Å². The quantitative estimate of drug-likeness (QED) is 0.816. The molecule has 120 valence electrons. The second-order valence-electron chi connectivity index (χ2n) is 7.65. The van der Waals surface area contributed by atoms with Gasteiger partial charge in [0.2, 0.25) is 5.91 Å². The third kappa shape index (κ3) is 3.57. The lowest BCUT2D eigenvalue weighted by atomic mass is 9.69. The number of likely N-dealkylation sites (tertiary alicyclic amines) is 1. The number of carboxylic acid groups (broad SMARTS) is 1. The molecule has 0 aromatic carbocycles. The Balaban J connectivity index is 1.97. The topological polar surface area (TPSA) is 77.8 Å². The molecule has 2 N–H and O–H groups in total. The summed E-state index contributed by atoms with van der Waals surface area (Å²) in [4.78, 5) is 25.2. The van der Waals surface area contributed by atoms with Crippen LogP contribution in [0.2, 0.25) is 0 Å². The normalized spacial score (nSPS) is 34.0. The van der Waals surface area contributed by atoms with Gasteiger partial charge >= 0.3 is 5.97 Å². The molecule has 1 saturated heterocycles. The van der Waals surface area contributed by atoms with E-state index in [1.165, 1.54) is 4.90 Å². The lowest BCUT2D eigenvalue weighted by Gasteiger charge is -2.37. The van der Waals surface area contributed by atoms with Crippen molar-refractivity contribution in [1.82, 2.24) is 4.90 Å². The monoisotopic (exact) mass is 297 g/mol. The van der Waals surface area contributed by atoms with Crippen molar-refractivity contribution in [2.24, 2.45) is 17.3 Å². The predicted octanol–water partition coefficient (Wildman–Crippen LogP) is 1.89. The van der Waals surface area contributed by atoms with E-state index in [2.05, 4.69) is 20.8 Å². The van der Waals surface area contributed by atoms with E-state index < -0.39 is 18.1 Å². The van der Waals surface area contributed by atoms with Gasteiger partial charge in [-0.15, -0.1) is 0 Å². The zero-order valence-electron chi connectivity index (χ0n) is 13.2. The number of aliphatic hydroxyl groups excluding tert-OH is 1. The summed E-state index contributed by atoms with van der Waals surface area (Å²) in [6.45, 7) is 6.86. The molecule has 2 rings (SSSR count). The fourth-order valence-electron chi connectivity index (χ4n) is 3.73. The smallest absolute Gasteiger partial charge is 0.326 e. The Kier molecular flexibility index (Phi) is 4.61. The van der Waals surface area contributed by atoms with Crippen LogP contribution >= 0.6 is 0 Å². The maximum atomic E-state index is 12.6. The van der Waals surface area contributed by atoms with E-state index in [1.54, 1.807) is 0 Å². The number of aliphatic hydroxyl groups is 1. The number of nitrogens with zero attached hydrogens (tertiary/aromatic N) is 1. The minimum absolute atomic E-state index is 0.0734. The summed E-state index contributed by atoms with van der Waals surface area (Å²) in [5.41, 5.74) is 0.265. The number of carboxylic acids is 1. The van der Waals surface area contributed by atoms with Crippen LogP contribution in [0.5, 0.6) is 0 Å². The van der Waals surface area contributed by atoms with Crippen LogP contribution in [0.3, 0.4) is 0 Å². The molecule has 1 aliphatic heterocycles. The number of carbonyl (C=O) groups excluding carboxylic acids is 1. The van der Waals surface area contributed by atoms with Gasteiger partial charge < -0.3 is 15.1 Å². The molecule has 1 heterocycles. The van der Waals surface area contributed by atoms with Crippen molar-refractivity contribution in [1.29, 1.82) is 0 Å². The van der Waals surface area contributed by atoms with Gasteiger partial charge in [0.05, 0.1) is 6.10 Å². The summed E-state index contributed by atoms with van der Waals surface area (Å²) in [5.74, 6) is -0.536. The van der Waals surface area contributed by atoms with Gasteiger partial charge in [0.1, 0.15) is 6.04 Å². The zero-order valence-corrected chi connectivity index (χ0v) is 13.2. The molecule has 0 spiro atoms. The van der Waals surface area contributed by atoms with Gasteiger partial charge in [-0.1, -0.05) is 20.8 Å². The third-order valence-corrected chi connectivity index (χ3v) is 5.15. The van der Waals surface area contributed by atoms with Crippen molar-refractivity contribution in [3.8, 4) is 0 Å². The van der Waals surface area contributed by atoms with Crippen LogP contribution in [-0.4, -0.2) is 45.7 Å². The van der Waals surface area contributed by atoms with E-state index in [0.717, 1.165) is 25.7 Å². The van der Waals surface area contributed by atoms with Gasteiger partial charge in [-0.2, -0.15) is 0 Å². The molecule has 1 unspecified atom stereocenters. The minimum atomic E-state index is -1.01. The molecule has 5 nitrogen and oxygen atoms in total. The molecule has 2 fully saturated rings.